The average molecular weight is 321 g/mol. The van der Waals surface area contributed by atoms with Gasteiger partial charge in [-0.05, 0) is 24.1 Å². The van der Waals surface area contributed by atoms with E-state index >= 15 is 0 Å². The fourth-order valence-corrected chi connectivity index (χ4v) is 2.53. The van der Waals surface area contributed by atoms with Gasteiger partial charge in [-0.1, -0.05) is 18.2 Å². The molecule has 1 fully saturated rings. The number of nitrogen functional groups attached to an aromatic ring is 1. The summed E-state index contributed by atoms with van der Waals surface area (Å²) in [4.78, 5) is 24.3. The Kier molecular flexibility index (Phi) is 3.45. The predicted octanol–water partition coefficient (Wildman–Crippen LogP) is 2.13. The topological polar surface area (TPSA) is 95.9 Å². The number of hydrogen-bond donors (Lipinski definition) is 1. The number of aromatic nitrogens is 4. The molecule has 2 heterocycles. The zero-order chi connectivity index (χ0) is 16.5. The lowest BCUT2D eigenvalue weighted by molar-refractivity contribution is 0.0491. The number of esters is 1. The second kappa shape index (κ2) is 5.77. The third-order valence-corrected chi connectivity index (χ3v) is 3.96. The molecule has 0 aliphatic heterocycles. The molecule has 2 N–H and O–H groups in total. The Bertz CT molecular complexity index is 933. The first kappa shape index (κ1) is 14.4. The van der Waals surface area contributed by atoms with Crippen LogP contribution < -0.4 is 5.73 Å². The molecule has 2 aromatic heterocycles. The molecule has 24 heavy (non-hydrogen) atoms. The van der Waals surface area contributed by atoms with Gasteiger partial charge >= 0.3 is 5.97 Å². The Hall–Kier alpha value is -3.22. The summed E-state index contributed by atoms with van der Waals surface area (Å²) in [5.74, 6) is 0.311. The maximum Gasteiger partial charge on any atom is 0.338 e. The molecule has 0 amide bonds. The van der Waals surface area contributed by atoms with Crippen molar-refractivity contribution in [2.75, 3.05) is 12.3 Å². The van der Waals surface area contributed by atoms with Gasteiger partial charge in [0.05, 0.1) is 12.2 Å². The number of benzene rings is 1. The van der Waals surface area contributed by atoms with E-state index in [1.165, 1.54) is 11.9 Å². The molecule has 0 bridgehead atoms. The zero-order valence-electron chi connectivity index (χ0n) is 12.8. The van der Waals surface area contributed by atoms with E-state index in [1.807, 2.05) is 29.0 Å². The molecule has 0 saturated heterocycles. The summed E-state index contributed by atoms with van der Waals surface area (Å²) >= 11 is 0. The van der Waals surface area contributed by atoms with Crippen LogP contribution in [-0.2, 0) is 4.74 Å². The number of ether oxygens (including phenoxy) is 1. The van der Waals surface area contributed by atoms with Crippen LogP contribution in [0.5, 0.6) is 0 Å². The Morgan fingerprint density at radius 2 is 2.12 bits per heavy atom. The molecule has 1 saturated carbocycles. The average Bonchev–Trinajstić information content (AvgIpc) is 3.22. The molecule has 1 atom stereocenters. The van der Waals surface area contributed by atoms with E-state index in [0.717, 1.165) is 6.42 Å². The number of rotatable bonds is 4. The van der Waals surface area contributed by atoms with Gasteiger partial charge in [0.2, 0.25) is 0 Å². The fourth-order valence-electron chi connectivity index (χ4n) is 2.53. The summed E-state index contributed by atoms with van der Waals surface area (Å²) in [6, 6.07) is 8.99. The van der Waals surface area contributed by atoms with Crippen molar-refractivity contribution in [1.82, 2.24) is 19.5 Å². The summed E-state index contributed by atoms with van der Waals surface area (Å²) in [5, 5.41) is 0. The van der Waals surface area contributed by atoms with Crippen LogP contribution in [0.15, 0.2) is 48.6 Å². The zero-order valence-corrected chi connectivity index (χ0v) is 12.8. The SMILES string of the molecule is Nc1ncnc2c1ncn2/C=C1\CC1COC(=O)c1ccccc1. The summed E-state index contributed by atoms with van der Waals surface area (Å²) in [6.07, 6.45) is 5.93. The number of carbonyl (C=O) groups excluding carboxylic acids is 1. The number of hydrogen-bond acceptors (Lipinski definition) is 6. The molecule has 1 aliphatic rings. The monoisotopic (exact) mass is 321 g/mol. The first-order valence-electron chi connectivity index (χ1n) is 7.58. The molecule has 7 heteroatoms. The Morgan fingerprint density at radius 1 is 1.29 bits per heavy atom. The standard InChI is InChI=1S/C17H15N5O2/c18-15-14-16(20-9-19-15)22(10-21-14)7-12-6-13(12)8-24-17(23)11-4-2-1-3-5-11/h1-5,7,9-10,13H,6,8H2,(H2,18,19,20)/b12-7+. The van der Waals surface area contributed by atoms with Crippen molar-refractivity contribution in [1.29, 1.82) is 0 Å². The normalized spacial score (nSPS) is 18.0. The van der Waals surface area contributed by atoms with E-state index in [0.29, 0.717) is 29.2 Å². The highest BCUT2D eigenvalue weighted by Crippen LogP contribution is 2.38. The number of carbonyl (C=O) groups is 1. The molecule has 120 valence electrons. The van der Waals surface area contributed by atoms with Gasteiger partial charge in [0.25, 0.3) is 0 Å². The Labute approximate surface area is 137 Å². The predicted molar refractivity (Wildman–Crippen MR) is 88.8 cm³/mol. The maximum absolute atomic E-state index is 11.9. The van der Waals surface area contributed by atoms with Gasteiger partial charge in [0.1, 0.15) is 12.7 Å². The molecule has 1 aromatic carbocycles. The van der Waals surface area contributed by atoms with Gasteiger partial charge in [-0.15, -0.1) is 0 Å². The van der Waals surface area contributed by atoms with Crippen molar-refractivity contribution in [3.05, 3.63) is 54.1 Å². The lowest BCUT2D eigenvalue weighted by atomic mass is 10.2. The molecule has 0 spiro atoms. The van der Waals surface area contributed by atoms with Crippen LogP contribution in [-0.4, -0.2) is 32.1 Å². The highest BCUT2D eigenvalue weighted by molar-refractivity contribution is 5.89. The second-order valence-electron chi connectivity index (χ2n) is 5.65. The minimum Gasteiger partial charge on any atom is -0.461 e. The fraction of sp³-hybridized carbons (Fsp3) is 0.176. The second-order valence-corrected chi connectivity index (χ2v) is 5.65. The van der Waals surface area contributed by atoms with Gasteiger partial charge in [0, 0.05) is 12.1 Å². The Balaban J connectivity index is 1.42. The maximum atomic E-state index is 11.9. The summed E-state index contributed by atoms with van der Waals surface area (Å²) in [5.41, 5.74) is 8.78. The molecular weight excluding hydrogens is 306 g/mol. The summed E-state index contributed by atoms with van der Waals surface area (Å²) in [6.45, 7) is 0.378. The van der Waals surface area contributed by atoms with E-state index in [4.69, 9.17) is 10.5 Å². The molecule has 4 rings (SSSR count). The lowest BCUT2D eigenvalue weighted by Crippen LogP contribution is -2.07. The molecule has 1 aliphatic carbocycles. The van der Waals surface area contributed by atoms with Crippen molar-refractivity contribution >= 4 is 29.2 Å². The molecule has 7 nitrogen and oxygen atoms in total. The quantitative estimate of drug-likeness (QED) is 0.740. The van der Waals surface area contributed by atoms with Crippen LogP contribution in [0.2, 0.25) is 0 Å². The number of anilines is 1. The molecular formula is C17H15N5O2. The summed E-state index contributed by atoms with van der Waals surface area (Å²) in [7, 11) is 0. The van der Waals surface area contributed by atoms with Crippen LogP contribution in [0.1, 0.15) is 16.8 Å². The van der Waals surface area contributed by atoms with E-state index in [1.54, 1.807) is 18.5 Å². The van der Waals surface area contributed by atoms with Crippen molar-refractivity contribution in [3.63, 3.8) is 0 Å². The largest absolute Gasteiger partial charge is 0.461 e. The molecule has 0 radical (unpaired) electrons. The van der Waals surface area contributed by atoms with Crippen molar-refractivity contribution < 1.29 is 9.53 Å². The Morgan fingerprint density at radius 3 is 2.96 bits per heavy atom. The first-order valence-corrected chi connectivity index (χ1v) is 7.58. The van der Waals surface area contributed by atoms with Crippen LogP contribution in [0.3, 0.4) is 0 Å². The minimum atomic E-state index is -0.296. The molecule has 1 unspecified atom stereocenters. The van der Waals surface area contributed by atoms with Gasteiger partial charge in [-0.2, -0.15) is 0 Å². The van der Waals surface area contributed by atoms with E-state index in [-0.39, 0.29) is 11.9 Å². The van der Waals surface area contributed by atoms with Crippen LogP contribution in [0.25, 0.3) is 17.4 Å². The third kappa shape index (κ3) is 2.71. The van der Waals surface area contributed by atoms with Gasteiger partial charge < -0.3 is 10.5 Å². The number of nitrogens with two attached hydrogens (primary N) is 1. The van der Waals surface area contributed by atoms with Gasteiger partial charge in [-0.3, -0.25) is 4.57 Å². The highest BCUT2D eigenvalue weighted by atomic mass is 16.5. The highest BCUT2D eigenvalue weighted by Gasteiger charge is 2.31. The van der Waals surface area contributed by atoms with E-state index in [2.05, 4.69) is 15.0 Å². The van der Waals surface area contributed by atoms with E-state index < -0.39 is 0 Å². The lowest BCUT2D eigenvalue weighted by Gasteiger charge is -2.02. The minimum absolute atomic E-state index is 0.245. The van der Waals surface area contributed by atoms with Crippen molar-refractivity contribution in [2.45, 2.75) is 6.42 Å². The van der Waals surface area contributed by atoms with Gasteiger partial charge in [0.15, 0.2) is 17.0 Å². The van der Waals surface area contributed by atoms with E-state index in [9.17, 15) is 4.79 Å². The summed E-state index contributed by atoms with van der Waals surface area (Å²) < 4.78 is 7.18. The third-order valence-electron chi connectivity index (χ3n) is 3.96. The molecule has 3 aromatic rings. The van der Waals surface area contributed by atoms with Crippen LogP contribution in [0.4, 0.5) is 5.82 Å². The van der Waals surface area contributed by atoms with Crippen LogP contribution in [0, 0.1) is 5.92 Å². The number of imidazole rings is 1. The van der Waals surface area contributed by atoms with Crippen molar-refractivity contribution in [3.8, 4) is 0 Å². The number of nitrogens with zero attached hydrogens (tertiary/aromatic N) is 4. The van der Waals surface area contributed by atoms with Crippen LogP contribution >= 0.6 is 0 Å². The van der Waals surface area contributed by atoms with Crippen molar-refractivity contribution in [2.24, 2.45) is 5.92 Å². The van der Waals surface area contributed by atoms with Gasteiger partial charge in [-0.25, -0.2) is 19.7 Å². The first-order chi connectivity index (χ1) is 11.7. The smallest absolute Gasteiger partial charge is 0.338 e. The number of fused-ring (bicyclic) bond motifs is 1.